The Hall–Kier alpha value is -2.62. The molecular weight excluding hydrogens is 262 g/mol. The Morgan fingerprint density at radius 3 is 2.33 bits per heavy atom. The van der Waals surface area contributed by atoms with E-state index < -0.39 is 0 Å². The molecule has 0 bridgehead atoms. The highest BCUT2D eigenvalue weighted by molar-refractivity contribution is 5.87. The molecule has 0 amide bonds. The lowest BCUT2D eigenvalue weighted by molar-refractivity contribution is 0.439. The summed E-state index contributed by atoms with van der Waals surface area (Å²) < 4.78 is 5.23. The van der Waals surface area contributed by atoms with Crippen molar-refractivity contribution in [2.75, 3.05) is 5.73 Å². The molecule has 3 rings (SSSR count). The quantitative estimate of drug-likeness (QED) is 0.772. The minimum Gasteiger partial charge on any atom is -0.367 e. The van der Waals surface area contributed by atoms with Gasteiger partial charge in [-0.3, -0.25) is 4.98 Å². The topological polar surface area (TPSA) is 64.9 Å². The number of nitrogen functional groups attached to an aromatic ring is 1. The summed E-state index contributed by atoms with van der Waals surface area (Å²) in [6.45, 7) is 6.23. The smallest absolute Gasteiger partial charge is 0.232 e. The minimum absolute atomic E-state index is 0.295. The van der Waals surface area contributed by atoms with Gasteiger partial charge in [-0.15, -0.1) is 0 Å². The van der Waals surface area contributed by atoms with Crippen LogP contribution in [0.25, 0.3) is 22.5 Å². The Labute approximate surface area is 123 Å². The number of nitrogens with two attached hydrogens (primary N) is 1. The number of aromatic nitrogens is 2. The summed E-state index contributed by atoms with van der Waals surface area (Å²) >= 11 is 0. The molecule has 0 spiro atoms. The Morgan fingerprint density at radius 2 is 1.71 bits per heavy atom. The molecule has 0 aliphatic heterocycles. The molecule has 0 saturated carbocycles. The molecule has 0 unspecified atom stereocenters. The molecule has 2 N–H and O–H groups in total. The lowest BCUT2D eigenvalue weighted by atomic mass is 9.94. The SMILES string of the molecule is Cc1cc(C)c(-c2noc(N)c2-c2ccccn2)c(C)c1. The van der Waals surface area contributed by atoms with E-state index in [0.29, 0.717) is 5.88 Å². The van der Waals surface area contributed by atoms with Crippen LogP contribution in [0.2, 0.25) is 0 Å². The van der Waals surface area contributed by atoms with Gasteiger partial charge in [-0.2, -0.15) is 0 Å². The van der Waals surface area contributed by atoms with Crippen LogP contribution < -0.4 is 5.73 Å². The van der Waals surface area contributed by atoms with Crippen LogP contribution in [-0.4, -0.2) is 10.1 Å². The first-order valence-corrected chi connectivity index (χ1v) is 6.82. The van der Waals surface area contributed by atoms with E-state index in [4.69, 9.17) is 10.3 Å². The number of hydrogen-bond acceptors (Lipinski definition) is 4. The van der Waals surface area contributed by atoms with Crippen LogP contribution in [0.3, 0.4) is 0 Å². The maximum absolute atomic E-state index is 5.97. The normalized spacial score (nSPS) is 10.8. The largest absolute Gasteiger partial charge is 0.367 e. The number of rotatable bonds is 2. The van der Waals surface area contributed by atoms with Gasteiger partial charge in [0, 0.05) is 11.8 Å². The molecule has 106 valence electrons. The molecule has 0 atom stereocenters. The van der Waals surface area contributed by atoms with Crippen LogP contribution in [0.1, 0.15) is 16.7 Å². The van der Waals surface area contributed by atoms with Crippen LogP contribution in [0, 0.1) is 20.8 Å². The third-order valence-electron chi connectivity index (χ3n) is 3.55. The maximum atomic E-state index is 5.97. The van der Waals surface area contributed by atoms with Crippen molar-refractivity contribution in [1.82, 2.24) is 10.1 Å². The summed E-state index contributed by atoms with van der Waals surface area (Å²) in [6, 6.07) is 9.97. The fourth-order valence-corrected chi connectivity index (χ4v) is 2.79. The molecule has 0 fully saturated rings. The minimum atomic E-state index is 0.295. The van der Waals surface area contributed by atoms with Gasteiger partial charge < -0.3 is 10.3 Å². The predicted octanol–water partition coefficient (Wildman–Crippen LogP) is 3.91. The molecule has 21 heavy (non-hydrogen) atoms. The average Bonchev–Trinajstić information content (AvgIpc) is 2.80. The van der Waals surface area contributed by atoms with Crippen molar-refractivity contribution < 1.29 is 4.52 Å². The fourth-order valence-electron chi connectivity index (χ4n) is 2.79. The molecule has 0 aliphatic rings. The van der Waals surface area contributed by atoms with E-state index in [1.54, 1.807) is 6.20 Å². The van der Waals surface area contributed by atoms with E-state index in [-0.39, 0.29) is 0 Å². The van der Waals surface area contributed by atoms with Gasteiger partial charge in [-0.25, -0.2) is 0 Å². The van der Waals surface area contributed by atoms with Crippen LogP contribution in [0.4, 0.5) is 5.88 Å². The summed E-state index contributed by atoms with van der Waals surface area (Å²) in [6.07, 6.45) is 1.74. The molecule has 0 radical (unpaired) electrons. The first-order valence-electron chi connectivity index (χ1n) is 6.82. The third kappa shape index (κ3) is 2.29. The zero-order valence-electron chi connectivity index (χ0n) is 12.3. The van der Waals surface area contributed by atoms with Crippen molar-refractivity contribution in [2.24, 2.45) is 0 Å². The van der Waals surface area contributed by atoms with Crippen LogP contribution in [-0.2, 0) is 0 Å². The molecule has 2 heterocycles. The first kappa shape index (κ1) is 13.4. The van der Waals surface area contributed by atoms with E-state index >= 15 is 0 Å². The number of benzene rings is 1. The van der Waals surface area contributed by atoms with E-state index in [2.05, 4.69) is 43.0 Å². The predicted molar refractivity (Wildman–Crippen MR) is 83.8 cm³/mol. The number of pyridine rings is 1. The van der Waals surface area contributed by atoms with Crippen molar-refractivity contribution in [3.8, 4) is 22.5 Å². The highest BCUT2D eigenvalue weighted by atomic mass is 16.5. The molecule has 0 saturated heterocycles. The van der Waals surface area contributed by atoms with Gasteiger partial charge in [0.1, 0.15) is 5.69 Å². The molecule has 0 aliphatic carbocycles. The van der Waals surface area contributed by atoms with Gasteiger partial charge in [0.2, 0.25) is 5.88 Å². The fraction of sp³-hybridized carbons (Fsp3) is 0.176. The molecular formula is C17H17N3O. The summed E-state index contributed by atoms with van der Waals surface area (Å²) in [4.78, 5) is 4.37. The summed E-state index contributed by atoms with van der Waals surface area (Å²) in [5.74, 6) is 0.295. The second kappa shape index (κ2) is 5.05. The number of aryl methyl sites for hydroxylation is 3. The summed E-state index contributed by atoms with van der Waals surface area (Å²) in [5.41, 5.74) is 12.8. The number of nitrogens with zero attached hydrogens (tertiary/aromatic N) is 2. The van der Waals surface area contributed by atoms with Crippen molar-refractivity contribution in [1.29, 1.82) is 0 Å². The van der Waals surface area contributed by atoms with Gasteiger partial charge in [0.25, 0.3) is 0 Å². The lowest BCUT2D eigenvalue weighted by Crippen LogP contribution is -1.94. The average molecular weight is 279 g/mol. The second-order valence-corrected chi connectivity index (χ2v) is 5.26. The lowest BCUT2D eigenvalue weighted by Gasteiger charge is -2.10. The molecule has 2 aromatic heterocycles. The van der Waals surface area contributed by atoms with Gasteiger partial charge in [0.15, 0.2) is 0 Å². The number of anilines is 1. The van der Waals surface area contributed by atoms with Crippen molar-refractivity contribution in [3.05, 3.63) is 53.2 Å². The Kier molecular flexibility index (Phi) is 3.22. The zero-order valence-corrected chi connectivity index (χ0v) is 12.3. The van der Waals surface area contributed by atoms with Crippen molar-refractivity contribution >= 4 is 5.88 Å². The van der Waals surface area contributed by atoms with Gasteiger partial charge >= 0.3 is 0 Å². The monoisotopic (exact) mass is 279 g/mol. The highest BCUT2D eigenvalue weighted by Crippen LogP contribution is 2.38. The van der Waals surface area contributed by atoms with Crippen LogP contribution in [0.15, 0.2) is 41.1 Å². The summed E-state index contributed by atoms with van der Waals surface area (Å²) in [5, 5.41) is 4.17. The molecule has 4 heteroatoms. The van der Waals surface area contributed by atoms with E-state index in [1.165, 1.54) is 5.56 Å². The van der Waals surface area contributed by atoms with Gasteiger partial charge in [-0.05, 0) is 44.0 Å². The standard InChI is InChI=1S/C17H17N3O/c1-10-8-11(2)14(12(3)9-10)16-15(17(18)21-20-16)13-6-4-5-7-19-13/h4-9H,18H2,1-3H3. The zero-order chi connectivity index (χ0) is 15.0. The Bertz CT molecular complexity index is 768. The van der Waals surface area contributed by atoms with Crippen molar-refractivity contribution in [3.63, 3.8) is 0 Å². The molecule has 1 aromatic carbocycles. The highest BCUT2D eigenvalue weighted by Gasteiger charge is 2.21. The second-order valence-electron chi connectivity index (χ2n) is 5.26. The molecule has 4 nitrogen and oxygen atoms in total. The Balaban J connectivity index is 2.27. The molecule has 3 aromatic rings. The first-order chi connectivity index (χ1) is 10.1. The maximum Gasteiger partial charge on any atom is 0.232 e. The third-order valence-corrected chi connectivity index (χ3v) is 3.55. The van der Waals surface area contributed by atoms with E-state index in [0.717, 1.165) is 33.6 Å². The number of hydrogen-bond donors (Lipinski definition) is 1. The van der Waals surface area contributed by atoms with Gasteiger partial charge in [0.05, 0.1) is 11.3 Å². The summed E-state index contributed by atoms with van der Waals surface area (Å²) in [7, 11) is 0. The van der Waals surface area contributed by atoms with Crippen molar-refractivity contribution in [2.45, 2.75) is 20.8 Å². The van der Waals surface area contributed by atoms with Crippen LogP contribution in [0.5, 0.6) is 0 Å². The van der Waals surface area contributed by atoms with Crippen LogP contribution >= 0.6 is 0 Å². The van der Waals surface area contributed by atoms with E-state index in [1.807, 2.05) is 18.2 Å². The Morgan fingerprint density at radius 1 is 1.00 bits per heavy atom. The van der Waals surface area contributed by atoms with Gasteiger partial charge in [-0.1, -0.05) is 28.9 Å². The van der Waals surface area contributed by atoms with E-state index in [9.17, 15) is 0 Å².